The monoisotopic (exact) mass is 621 g/mol. The predicted octanol–water partition coefficient (Wildman–Crippen LogP) is 6.66. The molecule has 0 unspecified atom stereocenters. The van der Waals surface area contributed by atoms with Crippen molar-refractivity contribution in [3.8, 4) is 11.5 Å². The fourth-order valence-corrected chi connectivity index (χ4v) is 5.12. The normalized spacial score (nSPS) is 12.9. The van der Waals surface area contributed by atoms with E-state index in [-0.39, 0.29) is 42.7 Å². The molecule has 4 N–H and O–H groups in total. The van der Waals surface area contributed by atoms with Crippen molar-refractivity contribution in [1.29, 1.82) is 10.8 Å². The van der Waals surface area contributed by atoms with Gasteiger partial charge in [-0.3, -0.25) is 15.6 Å². The van der Waals surface area contributed by atoms with Crippen LogP contribution in [0.1, 0.15) is 41.3 Å². The SMILES string of the molecule is COc1ccc(C(=O)N(Cc2ccc3ccc(C(=N)N)cc3c2)c2ccc(OC3CCN(C(C)=N)CC3)cc2)cc1.Cl.Cl. The number of methoxy groups -OCH3 is 1. The maximum atomic E-state index is 13.8. The summed E-state index contributed by atoms with van der Waals surface area (Å²) in [4.78, 5) is 17.7. The number of nitrogen functional groups attached to an aromatic ring is 1. The number of hydrogen-bond donors (Lipinski definition) is 3. The summed E-state index contributed by atoms with van der Waals surface area (Å²) in [6.07, 6.45) is 1.84. The van der Waals surface area contributed by atoms with Gasteiger partial charge in [0, 0.05) is 42.7 Å². The number of nitrogens with two attached hydrogens (primary N) is 1. The van der Waals surface area contributed by atoms with Crippen LogP contribution in [0.5, 0.6) is 11.5 Å². The zero-order valence-corrected chi connectivity index (χ0v) is 25.8. The number of nitrogens with zero attached hydrogens (tertiary/aromatic N) is 2. The molecule has 0 aliphatic carbocycles. The molecule has 0 bridgehead atoms. The van der Waals surface area contributed by atoms with Crippen molar-refractivity contribution in [2.45, 2.75) is 32.4 Å². The highest BCUT2D eigenvalue weighted by Gasteiger charge is 2.22. The van der Waals surface area contributed by atoms with Gasteiger partial charge in [-0.25, -0.2) is 0 Å². The minimum atomic E-state index is -0.131. The number of carbonyl (C=O) groups is 1. The van der Waals surface area contributed by atoms with Crippen LogP contribution in [0.3, 0.4) is 0 Å². The third-order valence-electron chi connectivity index (χ3n) is 7.51. The van der Waals surface area contributed by atoms with Gasteiger partial charge in [-0.15, -0.1) is 24.8 Å². The second kappa shape index (κ2) is 14.8. The van der Waals surface area contributed by atoms with E-state index in [4.69, 9.17) is 26.0 Å². The molecule has 43 heavy (non-hydrogen) atoms. The van der Waals surface area contributed by atoms with Crippen molar-refractivity contribution in [1.82, 2.24) is 4.90 Å². The second-order valence-corrected chi connectivity index (χ2v) is 10.3. The summed E-state index contributed by atoms with van der Waals surface area (Å²) in [7, 11) is 1.60. The molecule has 0 aromatic heterocycles. The Bertz CT molecular complexity index is 1570. The van der Waals surface area contributed by atoms with Crippen molar-refractivity contribution in [3.05, 3.63) is 102 Å². The molecule has 1 heterocycles. The minimum Gasteiger partial charge on any atom is -0.497 e. The highest BCUT2D eigenvalue weighted by molar-refractivity contribution is 6.06. The van der Waals surface area contributed by atoms with Crippen LogP contribution in [0.15, 0.2) is 84.9 Å². The standard InChI is InChI=1S/C33H35N5O3.2ClH/c1-22(34)37-17-15-31(16-18-37)41-30-13-9-28(10-14-30)38(33(39)25-7-11-29(40-2)12-8-25)21-23-3-4-24-5-6-26(32(35)36)20-27(24)19-23;;/h3-14,19-20,31,34H,15-18,21H2,1-2H3,(H3,35,36);2*1H. The highest BCUT2D eigenvalue weighted by Crippen LogP contribution is 2.27. The Morgan fingerprint density at radius 3 is 2.07 bits per heavy atom. The number of rotatable bonds is 8. The van der Waals surface area contributed by atoms with Gasteiger partial charge in [0.05, 0.1) is 19.5 Å². The number of anilines is 1. The van der Waals surface area contributed by atoms with Gasteiger partial charge in [-0.05, 0) is 83.9 Å². The lowest BCUT2D eigenvalue weighted by Gasteiger charge is -2.33. The molecular weight excluding hydrogens is 585 g/mol. The van der Waals surface area contributed by atoms with E-state index < -0.39 is 0 Å². The lowest BCUT2D eigenvalue weighted by atomic mass is 10.0. The molecule has 1 fully saturated rings. The number of halogens is 2. The topological polar surface area (TPSA) is 116 Å². The number of piperidine rings is 1. The van der Waals surface area contributed by atoms with Crippen LogP contribution in [-0.4, -0.2) is 48.8 Å². The second-order valence-electron chi connectivity index (χ2n) is 10.3. The summed E-state index contributed by atoms with van der Waals surface area (Å²) < 4.78 is 11.5. The predicted molar refractivity (Wildman–Crippen MR) is 178 cm³/mol. The lowest BCUT2D eigenvalue weighted by Crippen LogP contribution is -2.40. The molecule has 8 nitrogen and oxygen atoms in total. The summed E-state index contributed by atoms with van der Waals surface area (Å²) >= 11 is 0. The maximum Gasteiger partial charge on any atom is 0.258 e. The van der Waals surface area contributed by atoms with Gasteiger partial charge in [-0.2, -0.15) is 0 Å². The summed E-state index contributed by atoms with van der Waals surface area (Å²) in [5.74, 6) is 1.94. The van der Waals surface area contributed by atoms with E-state index >= 15 is 0 Å². The molecule has 5 rings (SSSR count). The summed E-state index contributed by atoms with van der Waals surface area (Å²) in [5, 5.41) is 17.6. The molecule has 0 spiro atoms. The first kappa shape index (κ1) is 33.2. The van der Waals surface area contributed by atoms with Crippen molar-refractivity contribution in [3.63, 3.8) is 0 Å². The quantitative estimate of drug-likeness (QED) is 0.150. The molecule has 0 saturated carbocycles. The molecule has 10 heteroatoms. The molecule has 0 radical (unpaired) electrons. The summed E-state index contributed by atoms with van der Waals surface area (Å²) in [5.41, 5.74) is 8.64. The van der Waals surface area contributed by atoms with Crippen LogP contribution < -0.4 is 20.1 Å². The Labute approximate surface area is 264 Å². The lowest BCUT2D eigenvalue weighted by molar-refractivity contribution is 0.0985. The van der Waals surface area contributed by atoms with Gasteiger partial charge in [0.15, 0.2) is 0 Å². The largest absolute Gasteiger partial charge is 0.497 e. The van der Waals surface area contributed by atoms with Crippen LogP contribution in [-0.2, 0) is 6.54 Å². The number of nitrogens with one attached hydrogen (secondary N) is 2. The number of carbonyl (C=O) groups excluding carboxylic acids is 1. The first-order valence-corrected chi connectivity index (χ1v) is 13.7. The number of benzene rings is 4. The Balaban J connectivity index is 0.00000253. The fourth-order valence-electron chi connectivity index (χ4n) is 5.12. The molecule has 0 atom stereocenters. The molecule has 1 saturated heterocycles. The molecular formula is C33H37Cl2N5O3. The van der Waals surface area contributed by atoms with Gasteiger partial charge < -0.3 is 25.0 Å². The van der Waals surface area contributed by atoms with Crippen LogP contribution in [0.2, 0.25) is 0 Å². The molecule has 226 valence electrons. The number of amides is 1. The van der Waals surface area contributed by atoms with Gasteiger partial charge in [-0.1, -0.05) is 24.3 Å². The van der Waals surface area contributed by atoms with E-state index in [1.54, 1.807) is 36.3 Å². The third kappa shape index (κ3) is 7.97. The van der Waals surface area contributed by atoms with E-state index in [2.05, 4.69) is 4.90 Å². The number of likely N-dealkylation sites (tertiary alicyclic amines) is 1. The van der Waals surface area contributed by atoms with E-state index in [0.29, 0.717) is 29.3 Å². The smallest absolute Gasteiger partial charge is 0.258 e. The van der Waals surface area contributed by atoms with E-state index in [9.17, 15) is 4.79 Å². The molecule has 4 aromatic rings. The van der Waals surface area contributed by atoms with Gasteiger partial charge in [0.2, 0.25) is 0 Å². The van der Waals surface area contributed by atoms with Crippen LogP contribution >= 0.6 is 24.8 Å². The minimum absolute atomic E-state index is 0. The first-order valence-electron chi connectivity index (χ1n) is 13.7. The molecule has 1 aliphatic rings. The zero-order chi connectivity index (χ0) is 28.9. The maximum absolute atomic E-state index is 13.8. The molecule has 1 aliphatic heterocycles. The Morgan fingerprint density at radius 1 is 0.860 bits per heavy atom. The third-order valence-corrected chi connectivity index (χ3v) is 7.51. The first-order chi connectivity index (χ1) is 19.8. The number of fused-ring (bicyclic) bond motifs is 1. The fraction of sp³-hybridized carbons (Fsp3) is 0.242. The Hall–Kier alpha value is -4.27. The van der Waals surface area contributed by atoms with Gasteiger partial charge in [0.25, 0.3) is 5.91 Å². The van der Waals surface area contributed by atoms with Gasteiger partial charge >= 0.3 is 0 Å². The van der Waals surface area contributed by atoms with E-state index in [1.165, 1.54) is 0 Å². The van der Waals surface area contributed by atoms with Crippen molar-refractivity contribution < 1.29 is 14.3 Å². The van der Waals surface area contributed by atoms with E-state index in [0.717, 1.165) is 53.7 Å². The highest BCUT2D eigenvalue weighted by atomic mass is 35.5. The molecule has 1 amide bonds. The zero-order valence-electron chi connectivity index (χ0n) is 24.2. The average Bonchev–Trinajstić information content (AvgIpc) is 3.00. The van der Waals surface area contributed by atoms with Crippen molar-refractivity contribution in [2.24, 2.45) is 5.73 Å². The van der Waals surface area contributed by atoms with E-state index in [1.807, 2.05) is 67.6 Å². The number of amidine groups is 2. The van der Waals surface area contributed by atoms with Crippen LogP contribution in [0.4, 0.5) is 5.69 Å². The summed E-state index contributed by atoms with van der Waals surface area (Å²) in [6, 6.07) is 26.5. The van der Waals surface area contributed by atoms with Gasteiger partial charge in [0.1, 0.15) is 23.4 Å². The summed E-state index contributed by atoms with van der Waals surface area (Å²) in [6.45, 7) is 3.82. The van der Waals surface area contributed by atoms with Crippen LogP contribution in [0, 0.1) is 10.8 Å². The Kier molecular flexibility index (Phi) is 11.4. The number of ether oxygens (including phenoxy) is 2. The average molecular weight is 623 g/mol. The Morgan fingerprint density at radius 2 is 1.47 bits per heavy atom. The van der Waals surface area contributed by atoms with Crippen molar-refractivity contribution in [2.75, 3.05) is 25.1 Å². The molecule has 4 aromatic carbocycles. The number of hydrogen-bond acceptors (Lipinski definition) is 5. The van der Waals surface area contributed by atoms with Crippen LogP contribution in [0.25, 0.3) is 10.8 Å². The van der Waals surface area contributed by atoms with Crippen molar-refractivity contribution >= 4 is 58.9 Å².